The highest BCUT2D eigenvalue weighted by molar-refractivity contribution is 5.88. The summed E-state index contributed by atoms with van der Waals surface area (Å²) < 4.78 is 5.37. The van der Waals surface area contributed by atoms with Crippen molar-refractivity contribution in [3.05, 3.63) is 34.9 Å². The minimum atomic E-state index is -0.444. The van der Waals surface area contributed by atoms with Crippen LogP contribution in [0.5, 0.6) is 0 Å². The van der Waals surface area contributed by atoms with Crippen molar-refractivity contribution in [2.75, 3.05) is 0 Å². The van der Waals surface area contributed by atoms with Crippen LogP contribution in [0.15, 0.2) is 34.9 Å². The van der Waals surface area contributed by atoms with Crippen molar-refractivity contribution in [1.82, 2.24) is 0 Å². The Morgan fingerprint density at radius 3 is 2.56 bits per heavy atom. The van der Waals surface area contributed by atoms with Crippen LogP contribution in [0.2, 0.25) is 0 Å². The SMILES string of the molecule is CC=C(C)C(=O)O[C@@H]1C=C(C=O)C(C)(C)C=C1C. The quantitative estimate of drug-likeness (QED) is 0.334. The summed E-state index contributed by atoms with van der Waals surface area (Å²) in [7, 11) is 0. The van der Waals surface area contributed by atoms with Crippen LogP contribution in [0.3, 0.4) is 0 Å². The van der Waals surface area contributed by atoms with Crippen molar-refractivity contribution in [3.8, 4) is 0 Å². The van der Waals surface area contributed by atoms with E-state index in [1.807, 2.05) is 26.8 Å². The Hall–Kier alpha value is -1.64. The Balaban J connectivity index is 2.95. The van der Waals surface area contributed by atoms with Gasteiger partial charge in [0.2, 0.25) is 0 Å². The summed E-state index contributed by atoms with van der Waals surface area (Å²) in [6.45, 7) is 9.33. The molecule has 0 aromatic rings. The zero-order chi connectivity index (χ0) is 13.9. The summed E-state index contributed by atoms with van der Waals surface area (Å²) in [5, 5.41) is 0. The van der Waals surface area contributed by atoms with Gasteiger partial charge in [0.15, 0.2) is 0 Å². The molecule has 0 unspecified atom stereocenters. The largest absolute Gasteiger partial charge is 0.450 e. The summed E-state index contributed by atoms with van der Waals surface area (Å²) in [4.78, 5) is 22.8. The van der Waals surface area contributed by atoms with Crippen LogP contribution in [0.4, 0.5) is 0 Å². The lowest BCUT2D eigenvalue weighted by Crippen LogP contribution is -2.27. The van der Waals surface area contributed by atoms with Crippen LogP contribution in [0, 0.1) is 5.41 Å². The first-order chi connectivity index (χ1) is 8.31. The summed E-state index contributed by atoms with van der Waals surface area (Å²) in [5.74, 6) is -0.351. The molecule has 98 valence electrons. The van der Waals surface area contributed by atoms with E-state index in [0.717, 1.165) is 11.9 Å². The average molecular weight is 248 g/mol. The molecule has 1 aliphatic carbocycles. The van der Waals surface area contributed by atoms with E-state index in [9.17, 15) is 9.59 Å². The minimum absolute atomic E-state index is 0.301. The van der Waals surface area contributed by atoms with Crippen LogP contribution in [0.25, 0.3) is 0 Å². The maximum Gasteiger partial charge on any atom is 0.334 e. The molecule has 0 radical (unpaired) electrons. The molecule has 1 atom stereocenters. The monoisotopic (exact) mass is 248 g/mol. The van der Waals surface area contributed by atoms with Gasteiger partial charge in [0.1, 0.15) is 12.4 Å². The maximum absolute atomic E-state index is 11.7. The molecule has 0 heterocycles. The van der Waals surface area contributed by atoms with Crippen molar-refractivity contribution in [2.24, 2.45) is 5.41 Å². The third-order valence-electron chi connectivity index (χ3n) is 3.23. The van der Waals surface area contributed by atoms with E-state index in [0.29, 0.717) is 11.1 Å². The Kier molecular flexibility index (Phi) is 4.28. The third-order valence-corrected chi connectivity index (χ3v) is 3.23. The second-order valence-corrected chi connectivity index (χ2v) is 5.15. The molecule has 0 N–H and O–H groups in total. The summed E-state index contributed by atoms with van der Waals surface area (Å²) >= 11 is 0. The molecule has 0 aromatic carbocycles. The minimum Gasteiger partial charge on any atom is -0.450 e. The molecule has 3 heteroatoms. The van der Waals surface area contributed by atoms with Gasteiger partial charge in [-0.15, -0.1) is 0 Å². The van der Waals surface area contributed by atoms with E-state index in [1.54, 1.807) is 26.0 Å². The van der Waals surface area contributed by atoms with Crippen LogP contribution >= 0.6 is 0 Å². The predicted molar refractivity (Wildman–Crippen MR) is 71.0 cm³/mol. The zero-order valence-electron chi connectivity index (χ0n) is 11.6. The van der Waals surface area contributed by atoms with Gasteiger partial charge in [-0.1, -0.05) is 26.0 Å². The number of carbonyl (C=O) groups is 2. The van der Waals surface area contributed by atoms with E-state index >= 15 is 0 Å². The molecule has 0 bridgehead atoms. The van der Waals surface area contributed by atoms with E-state index in [4.69, 9.17) is 4.74 Å². The summed E-state index contributed by atoms with van der Waals surface area (Å²) in [6.07, 6.45) is 5.79. The number of esters is 1. The van der Waals surface area contributed by atoms with Crippen molar-refractivity contribution in [2.45, 2.75) is 40.7 Å². The predicted octanol–water partition coefficient (Wildman–Crippen LogP) is 2.98. The first-order valence-corrected chi connectivity index (χ1v) is 6.02. The van der Waals surface area contributed by atoms with Crippen LogP contribution < -0.4 is 0 Å². The highest BCUT2D eigenvalue weighted by atomic mass is 16.5. The molecule has 0 saturated carbocycles. The highest BCUT2D eigenvalue weighted by Gasteiger charge is 2.29. The van der Waals surface area contributed by atoms with E-state index in [2.05, 4.69) is 0 Å². The van der Waals surface area contributed by atoms with Crippen molar-refractivity contribution in [1.29, 1.82) is 0 Å². The van der Waals surface area contributed by atoms with Gasteiger partial charge in [0.25, 0.3) is 0 Å². The molecule has 0 amide bonds. The molecule has 1 rings (SSSR count). The van der Waals surface area contributed by atoms with Gasteiger partial charge in [0.05, 0.1) is 0 Å². The molecule has 0 spiro atoms. The van der Waals surface area contributed by atoms with Crippen LogP contribution in [0.1, 0.15) is 34.6 Å². The number of hydrogen-bond donors (Lipinski definition) is 0. The Labute approximate surface area is 108 Å². The number of hydrogen-bond acceptors (Lipinski definition) is 3. The van der Waals surface area contributed by atoms with Gasteiger partial charge >= 0.3 is 5.97 Å². The molecule has 0 aromatic heterocycles. The Bertz CT molecular complexity index is 450. The van der Waals surface area contributed by atoms with E-state index in [-0.39, 0.29) is 11.4 Å². The fraction of sp³-hybridized carbons (Fsp3) is 0.467. The third kappa shape index (κ3) is 2.97. The normalized spacial score (nSPS) is 22.9. The number of aldehydes is 1. The lowest BCUT2D eigenvalue weighted by Gasteiger charge is -2.30. The number of allylic oxidation sites excluding steroid dienone is 3. The molecular weight excluding hydrogens is 228 g/mol. The molecule has 1 aliphatic rings. The van der Waals surface area contributed by atoms with E-state index in [1.165, 1.54) is 0 Å². The maximum atomic E-state index is 11.7. The second kappa shape index (κ2) is 5.34. The Morgan fingerprint density at radius 2 is 2.06 bits per heavy atom. The fourth-order valence-corrected chi connectivity index (χ4v) is 1.89. The standard InChI is InChI=1S/C15H20O3/c1-6-10(2)14(17)18-13-7-12(9-16)15(4,5)8-11(13)3/h6-9,13H,1-5H3/t13-/m1/s1. The molecule has 0 aliphatic heterocycles. The van der Waals surface area contributed by atoms with Crippen LogP contribution in [-0.2, 0) is 14.3 Å². The van der Waals surface area contributed by atoms with Gasteiger partial charge in [-0.05, 0) is 32.4 Å². The molecule has 0 fully saturated rings. The van der Waals surface area contributed by atoms with Crippen molar-refractivity contribution in [3.63, 3.8) is 0 Å². The number of carbonyl (C=O) groups excluding carboxylic acids is 2. The first kappa shape index (κ1) is 14.4. The summed E-state index contributed by atoms with van der Waals surface area (Å²) in [6, 6.07) is 0. The fourth-order valence-electron chi connectivity index (χ4n) is 1.89. The molecule has 3 nitrogen and oxygen atoms in total. The molecule has 18 heavy (non-hydrogen) atoms. The van der Waals surface area contributed by atoms with E-state index < -0.39 is 6.10 Å². The zero-order valence-corrected chi connectivity index (χ0v) is 11.6. The molecule has 0 saturated heterocycles. The summed E-state index contributed by atoms with van der Waals surface area (Å²) in [5.41, 5.74) is 1.85. The van der Waals surface area contributed by atoms with Crippen LogP contribution in [-0.4, -0.2) is 18.4 Å². The van der Waals surface area contributed by atoms with Gasteiger partial charge in [-0.3, -0.25) is 4.79 Å². The average Bonchev–Trinajstić information content (AvgIpc) is 2.30. The van der Waals surface area contributed by atoms with Gasteiger partial charge in [0, 0.05) is 16.6 Å². The first-order valence-electron chi connectivity index (χ1n) is 6.02. The van der Waals surface area contributed by atoms with Crippen molar-refractivity contribution < 1.29 is 14.3 Å². The van der Waals surface area contributed by atoms with Crippen molar-refractivity contribution >= 4 is 12.3 Å². The highest BCUT2D eigenvalue weighted by Crippen LogP contribution is 2.34. The Morgan fingerprint density at radius 1 is 1.44 bits per heavy atom. The van der Waals surface area contributed by atoms with Gasteiger partial charge < -0.3 is 4.74 Å². The topological polar surface area (TPSA) is 43.4 Å². The number of ether oxygens (including phenoxy) is 1. The smallest absolute Gasteiger partial charge is 0.334 e. The van der Waals surface area contributed by atoms with Gasteiger partial charge in [-0.25, -0.2) is 4.79 Å². The molecular formula is C15H20O3. The lowest BCUT2D eigenvalue weighted by molar-refractivity contribution is -0.141. The lowest BCUT2D eigenvalue weighted by atomic mass is 9.78. The number of rotatable bonds is 3. The van der Waals surface area contributed by atoms with Gasteiger partial charge in [-0.2, -0.15) is 0 Å². The second-order valence-electron chi connectivity index (χ2n) is 5.15.